The molecule has 0 unspecified atom stereocenters. The maximum absolute atomic E-state index is 12.9. The van der Waals surface area contributed by atoms with Crippen molar-refractivity contribution >= 4 is 11.8 Å². The van der Waals surface area contributed by atoms with Crippen LogP contribution in [0, 0.1) is 0 Å². The number of aliphatic hydroxyl groups excluding tert-OH is 13. The first-order chi connectivity index (χ1) is 32.3. The van der Waals surface area contributed by atoms with Crippen LogP contribution in [0.25, 0.3) is 0 Å². The second-order valence-corrected chi connectivity index (χ2v) is 17.5. The van der Waals surface area contributed by atoms with Gasteiger partial charge in [-0.3, -0.25) is 9.59 Å². The van der Waals surface area contributed by atoms with Gasteiger partial charge in [0.1, 0.15) is 116 Å². The Balaban J connectivity index is 1.45. The lowest BCUT2D eigenvalue weighted by atomic mass is 9.93. The molecule has 5 heterocycles. The summed E-state index contributed by atoms with van der Waals surface area (Å²) >= 11 is 0. The molecule has 5 fully saturated rings. The first-order valence-corrected chi connectivity index (χ1v) is 22.6. The van der Waals surface area contributed by atoms with Gasteiger partial charge < -0.3 is 130 Å². The van der Waals surface area contributed by atoms with Crippen LogP contribution in [0.15, 0.2) is 0 Å². The number of unbranched alkanes of at least 4 members (excludes halogenated alkanes) is 3. The number of aliphatic hydroxyl groups is 13. The Labute approximate surface area is 390 Å². The van der Waals surface area contributed by atoms with Crippen LogP contribution in [0.2, 0.25) is 0 Å². The van der Waals surface area contributed by atoms with E-state index >= 15 is 0 Å². The highest BCUT2D eigenvalue weighted by Gasteiger charge is 2.58. The number of nitrogens with one attached hydrogen (secondary N) is 2. The third-order valence-electron chi connectivity index (χ3n) is 12.4. The number of carbonyl (C=O) groups is 2. The third-order valence-corrected chi connectivity index (χ3v) is 12.4. The maximum atomic E-state index is 12.9. The zero-order valence-electron chi connectivity index (χ0n) is 37.8. The van der Waals surface area contributed by atoms with E-state index in [0.29, 0.717) is 13.0 Å². The average Bonchev–Trinajstić information content (AvgIpc) is 3.30. The Morgan fingerprint density at radius 1 is 0.456 bits per heavy atom. The normalized spacial score (nSPS) is 45.7. The minimum absolute atomic E-state index is 0.144. The predicted octanol–water partition coefficient (Wildman–Crippen LogP) is -9.07. The minimum atomic E-state index is -2.12. The second-order valence-electron chi connectivity index (χ2n) is 17.5. The molecule has 2 amide bonds. The number of rotatable bonds is 21. The summed E-state index contributed by atoms with van der Waals surface area (Å²) < 4.78 is 59.1. The molecule has 0 aromatic carbocycles. The summed E-state index contributed by atoms with van der Waals surface area (Å²) in [6.45, 7) is 0.581. The van der Waals surface area contributed by atoms with Crippen LogP contribution >= 0.6 is 0 Å². The molecule has 28 nitrogen and oxygen atoms in total. The molecule has 17 N–H and O–H groups in total. The van der Waals surface area contributed by atoms with Gasteiger partial charge in [-0.1, -0.05) is 12.8 Å². The van der Waals surface area contributed by atoms with E-state index in [2.05, 4.69) is 10.6 Å². The SMILES string of the molecule is CC(=O)N[C@H]1[C@H](OCCCCCCN)O[C@H](CO)[C@@H](O[C@@H]2O[C@H](CO)[C@H](O)[C@H](O[C@@H]3O[C@H](CO)[C@@H](O[C@@H]4O[C@@H](C)[C@@H](O)[C@@H](O)[C@@H]4O)[C@H](O[C@@H]4O[C@H](CO)[C@H](O)[C@H](O)[C@H]4O)[C@H]3NC(C)=O)[C@H]2O)[C@@H]1O. The fraction of sp³-hybridized carbons (Fsp3) is 0.950. The molecule has 0 aliphatic carbocycles. The van der Waals surface area contributed by atoms with Crippen LogP contribution < -0.4 is 16.4 Å². The lowest BCUT2D eigenvalue weighted by molar-refractivity contribution is -0.390. The van der Waals surface area contributed by atoms with Gasteiger partial charge in [0.05, 0.1) is 32.5 Å². The Hall–Kier alpha value is -2.02. The number of nitrogens with two attached hydrogens (primary N) is 1. The van der Waals surface area contributed by atoms with Crippen molar-refractivity contribution in [3.63, 3.8) is 0 Å². The first-order valence-electron chi connectivity index (χ1n) is 22.6. The van der Waals surface area contributed by atoms with E-state index in [0.717, 1.165) is 26.2 Å². The van der Waals surface area contributed by atoms with Gasteiger partial charge in [0.25, 0.3) is 0 Å². The number of hydrogen-bond donors (Lipinski definition) is 16. The van der Waals surface area contributed by atoms with Gasteiger partial charge >= 0.3 is 0 Å². The van der Waals surface area contributed by atoms with E-state index < -0.39 is 192 Å². The van der Waals surface area contributed by atoms with Crippen molar-refractivity contribution in [2.75, 3.05) is 39.6 Å². The summed E-state index contributed by atoms with van der Waals surface area (Å²) in [6, 6.07) is -3.05. The fourth-order valence-corrected chi connectivity index (χ4v) is 8.70. The van der Waals surface area contributed by atoms with E-state index in [9.17, 15) is 76.0 Å². The molecule has 0 radical (unpaired) electrons. The zero-order chi connectivity index (χ0) is 50.1. The van der Waals surface area contributed by atoms with Crippen LogP contribution in [0.4, 0.5) is 0 Å². The van der Waals surface area contributed by atoms with Crippen LogP contribution in [-0.2, 0) is 57.0 Å². The van der Waals surface area contributed by atoms with E-state index in [4.69, 9.17) is 53.1 Å². The standard InChI is InChI=1S/C40H71N3O25/c1-14-23(50)27(54)29(56)38(60-14)66-33-20(13-47)64-37(22(43-16(3)49)34(33)67-39-30(57)28(55)24(51)17(10-44)61-39)68-35-25(52)18(11-45)62-40(31(35)58)65-32-19(12-46)63-36(21(26(32)53)42-15(2)48)59-9-7-5-4-6-8-41/h14,17-40,44-47,50-58H,4-13,41H2,1-3H3,(H,42,48)(H,43,49)/t14-,17+,18+,19+,20+,21+,22+,23+,24-,25-,26+,27+,28-,29-,30+,31+,32+,33+,34+,35-,36+,37-,38-,39-,40-/m0/s1. The van der Waals surface area contributed by atoms with Crippen LogP contribution in [0.5, 0.6) is 0 Å². The summed E-state index contributed by atoms with van der Waals surface area (Å²) in [6.07, 6.45) is -37.6. The van der Waals surface area contributed by atoms with Crippen molar-refractivity contribution in [2.45, 2.75) is 200 Å². The molecule has 396 valence electrons. The lowest BCUT2D eigenvalue weighted by Crippen LogP contribution is -2.71. The van der Waals surface area contributed by atoms with Gasteiger partial charge in [0.2, 0.25) is 11.8 Å². The molecule has 5 saturated heterocycles. The Kier molecular flexibility index (Phi) is 21.8. The van der Waals surface area contributed by atoms with Gasteiger partial charge in [-0.2, -0.15) is 0 Å². The van der Waals surface area contributed by atoms with Crippen molar-refractivity contribution < 1.29 is 123 Å². The van der Waals surface area contributed by atoms with Crippen molar-refractivity contribution in [1.29, 1.82) is 0 Å². The number of carbonyl (C=O) groups excluding carboxylic acids is 2. The molecule has 0 aromatic rings. The van der Waals surface area contributed by atoms with Crippen LogP contribution in [-0.4, -0.2) is 271 Å². The molecule has 5 aliphatic heterocycles. The Bertz CT molecular complexity index is 1550. The molecule has 0 spiro atoms. The molecular weight excluding hydrogens is 922 g/mol. The van der Waals surface area contributed by atoms with Gasteiger partial charge in [-0.15, -0.1) is 0 Å². The van der Waals surface area contributed by atoms with Gasteiger partial charge in [-0.05, 0) is 26.3 Å². The predicted molar refractivity (Wildman–Crippen MR) is 220 cm³/mol. The first kappa shape index (κ1) is 56.9. The minimum Gasteiger partial charge on any atom is -0.394 e. The smallest absolute Gasteiger partial charge is 0.217 e. The summed E-state index contributed by atoms with van der Waals surface area (Å²) in [4.78, 5) is 25.2. The zero-order valence-corrected chi connectivity index (χ0v) is 37.8. The second kappa shape index (κ2) is 26.1. The highest BCUT2D eigenvalue weighted by molar-refractivity contribution is 5.73. The van der Waals surface area contributed by atoms with Crippen molar-refractivity contribution in [3.8, 4) is 0 Å². The quantitative estimate of drug-likeness (QED) is 0.0475. The summed E-state index contributed by atoms with van der Waals surface area (Å²) in [5, 5.41) is 145. The molecule has 0 saturated carbocycles. The third kappa shape index (κ3) is 13.3. The summed E-state index contributed by atoms with van der Waals surface area (Å²) in [5.74, 6) is -1.43. The monoisotopic (exact) mass is 993 g/mol. The molecule has 5 rings (SSSR count). The molecule has 5 aliphatic rings. The molecule has 28 heteroatoms. The van der Waals surface area contributed by atoms with Crippen LogP contribution in [0.3, 0.4) is 0 Å². The van der Waals surface area contributed by atoms with Gasteiger partial charge in [-0.25, -0.2) is 0 Å². The van der Waals surface area contributed by atoms with Crippen molar-refractivity contribution in [1.82, 2.24) is 10.6 Å². The fourth-order valence-electron chi connectivity index (χ4n) is 8.70. The van der Waals surface area contributed by atoms with E-state index in [1.807, 2.05) is 0 Å². The summed E-state index contributed by atoms with van der Waals surface area (Å²) in [7, 11) is 0. The molecule has 25 atom stereocenters. The number of hydrogen-bond acceptors (Lipinski definition) is 26. The van der Waals surface area contributed by atoms with Gasteiger partial charge in [0.15, 0.2) is 31.5 Å². The van der Waals surface area contributed by atoms with E-state index in [1.165, 1.54) is 13.8 Å². The Morgan fingerprint density at radius 2 is 0.912 bits per heavy atom. The lowest BCUT2D eigenvalue weighted by Gasteiger charge is -2.51. The summed E-state index contributed by atoms with van der Waals surface area (Å²) in [5.41, 5.74) is 5.56. The number of ether oxygens (including phenoxy) is 10. The molecule has 68 heavy (non-hydrogen) atoms. The topological polar surface area (TPSA) is 440 Å². The van der Waals surface area contributed by atoms with E-state index in [1.54, 1.807) is 0 Å². The maximum Gasteiger partial charge on any atom is 0.217 e. The van der Waals surface area contributed by atoms with Gasteiger partial charge in [0, 0.05) is 20.5 Å². The van der Waals surface area contributed by atoms with Crippen molar-refractivity contribution in [2.24, 2.45) is 5.73 Å². The molecule has 0 bridgehead atoms. The van der Waals surface area contributed by atoms with Crippen molar-refractivity contribution in [3.05, 3.63) is 0 Å². The number of amides is 2. The molecule has 0 aromatic heterocycles. The van der Waals surface area contributed by atoms with Crippen LogP contribution in [0.1, 0.15) is 46.5 Å². The molecular formula is C40H71N3O25. The Morgan fingerprint density at radius 3 is 1.50 bits per heavy atom. The largest absolute Gasteiger partial charge is 0.394 e. The highest BCUT2D eigenvalue weighted by Crippen LogP contribution is 2.37. The highest BCUT2D eigenvalue weighted by atomic mass is 16.8. The average molecular weight is 994 g/mol. The van der Waals surface area contributed by atoms with E-state index in [-0.39, 0.29) is 6.61 Å².